The Hall–Kier alpha value is -2.87. The van der Waals surface area contributed by atoms with Gasteiger partial charge in [0.2, 0.25) is 0 Å². The second kappa shape index (κ2) is 7.79. The number of benzene rings is 1. The van der Waals surface area contributed by atoms with E-state index in [1.165, 1.54) is 29.8 Å². The topological polar surface area (TPSA) is 90.8 Å². The van der Waals surface area contributed by atoms with Gasteiger partial charge in [-0.1, -0.05) is 0 Å². The van der Waals surface area contributed by atoms with Crippen LogP contribution in [0.4, 0.5) is 11.4 Å². The second-order valence-corrected chi connectivity index (χ2v) is 6.97. The average molecular weight is 373 g/mol. The van der Waals surface area contributed by atoms with E-state index in [0.717, 1.165) is 19.4 Å². The fraction of sp³-hybridized carbons (Fsp3) is 0.421. The molecule has 1 unspecified atom stereocenters. The van der Waals surface area contributed by atoms with Gasteiger partial charge in [-0.25, -0.2) is 0 Å². The lowest BCUT2D eigenvalue weighted by Gasteiger charge is -2.22. The molecule has 1 aromatic carbocycles. The maximum absolute atomic E-state index is 12.6. The number of likely N-dealkylation sites (tertiary alicyclic amines) is 1. The van der Waals surface area contributed by atoms with Crippen molar-refractivity contribution in [3.05, 3.63) is 51.8 Å². The summed E-state index contributed by atoms with van der Waals surface area (Å²) in [6.07, 6.45) is 4.17. The Bertz CT molecular complexity index is 861. The van der Waals surface area contributed by atoms with Crippen LogP contribution < -0.4 is 15.0 Å². The first-order chi connectivity index (χ1) is 12.9. The fourth-order valence-electron chi connectivity index (χ4n) is 3.83. The van der Waals surface area contributed by atoms with Crippen LogP contribution in [-0.4, -0.2) is 35.6 Å². The molecular formula is C19H25N4O4+. The van der Waals surface area contributed by atoms with Crippen LogP contribution >= 0.6 is 0 Å². The summed E-state index contributed by atoms with van der Waals surface area (Å²) in [5, 5.41) is 14.0. The summed E-state index contributed by atoms with van der Waals surface area (Å²) in [5.74, 6) is 0.0289. The third kappa shape index (κ3) is 3.95. The summed E-state index contributed by atoms with van der Waals surface area (Å²) in [4.78, 5) is 24.5. The zero-order valence-corrected chi connectivity index (χ0v) is 15.8. The van der Waals surface area contributed by atoms with Crippen molar-refractivity contribution >= 4 is 17.3 Å². The molecule has 1 fully saturated rings. The predicted octanol–water partition coefficient (Wildman–Crippen LogP) is 1.61. The van der Waals surface area contributed by atoms with Gasteiger partial charge in [0.05, 0.1) is 24.3 Å². The molecule has 0 bridgehead atoms. The van der Waals surface area contributed by atoms with Crippen molar-refractivity contribution in [3.63, 3.8) is 0 Å². The smallest absolute Gasteiger partial charge is 0.311 e. The standard InChI is InChI=1S/C19H24N4O4/c1-13-10-17(23(25)26)18(27-3)11-14(13)20-19(24)12-22-9-5-7-16(22)15-6-4-8-21(15)2/h4,6,8,10-11,16H,5,7,9,12H2,1-3H3,(H,20,24)/p+1/t16-/m1/s1. The molecule has 3 rings (SSSR count). The molecule has 1 aromatic heterocycles. The molecule has 144 valence electrons. The molecule has 0 spiro atoms. The number of aryl methyl sites for hydroxylation is 2. The van der Waals surface area contributed by atoms with Crippen LogP contribution in [-0.2, 0) is 11.8 Å². The number of nitrogens with zero attached hydrogens (tertiary/aromatic N) is 2. The molecule has 1 amide bonds. The van der Waals surface area contributed by atoms with Crippen LogP contribution in [0.15, 0.2) is 30.5 Å². The van der Waals surface area contributed by atoms with Crippen molar-refractivity contribution in [1.29, 1.82) is 0 Å². The van der Waals surface area contributed by atoms with E-state index < -0.39 is 4.92 Å². The minimum Gasteiger partial charge on any atom is -0.490 e. The van der Waals surface area contributed by atoms with E-state index in [1.54, 1.807) is 6.92 Å². The highest BCUT2D eigenvalue weighted by Gasteiger charge is 2.33. The zero-order valence-electron chi connectivity index (χ0n) is 15.8. The number of nitro groups is 1. The molecule has 0 saturated carbocycles. The van der Waals surface area contributed by atoms with Gasteiger partial charge < -0.3 is 19.5 Å². The van der Waals surface area contributed by atoms with Gasteiger partial charge >= 0.3 is 5.69 Å². The summed E-state index contributed by atoms with van der Waals surface area (Å²) in [5.41, 5.74) is 2.30. The van der Waals surface area contributed by atoms with E-state index in [-0.39, 0.29) is 17.3 Å². The largest absolute Gasteiger partial charge is 0.490 e. The minimum absolute atomic E-state index is 0.106. The molecule has 1 saturated heterocycles. The van der Waals surface area contributed by atoms with Gasteiger partial charge in [-0.15, -0.1) is 0 Å². The highest BCUT2D eigenvalue weighted by Crippen LogP contribution is 2.32. The lowest BCUT2D eigenvalue weighted by atomic mass is 10.1. The third-order valence-corrected chi connectivity index (χ3v) is 5.21. The molecular weight excluding hydrogens is 348 g/mol. The highest BCUT2D eigenvalue weighted by molar-refractivity contribution is 5.92. The summed E-state index contributed by atoms with van der Waals surface area (Å²) >= 11 is 0. The molecule has 2 atom stereocenters. The van der Waals surface area contributed by atoms with Crippen molar-refractivity contribution in [2.24, 2.45) is 7.05 Å². The van der Waals surface area contributed by atoms with Crippen molar-refractivity contribution in [2.75, 3.05) is 25.5 Å². The SMILES string of the molecule is COc1cc(NC(=O)C[NH+]2CCC[C@@H]2c2cccn2C)c(C)cc1[N+](=O)[O-]. The fourth-order valence-corrected chi connectivity index (χ4v) is 3.83. The molecule has 8 nitrogen and oxygen atoms in total. The van der Waals surface area contributed by atoms with E-state index in [2.05, 4.69) is 16.0 Å². The summed E-state index contributed by atoms with van der Waals surface area (Å²) in [6, 6.07) is 7.38. The van der Waals surface area contributed by atoms with E-state index in [4.69, 9.17) is 4.74 Å². The number of nitro benzene ring substituents is 1. The number of methoxy groups -OCH3 is 1. The van der Waals surface area contributed by atoms with Gasteiger partial charge in [0.1, 0.15) is 6.04 Å². The molecule has 1 aliphatic rings. The first-order valence-corrected chi connectivity index (χ1v) is 8.99. The Morgan fingerprint density at radius 3 is 2.89 bits per heavy atom. The Morgan fingerprint density at radius 2 is 2.26 bits per heavy atom. The summed E-state index contributed by atoms with van der Waals surface area (Å²) < 4.78 is 7.21. The Labute approximate surface area is 157 Å². The monoisotopic (exact) mass is 373 g/mol. The molecule has 0 aliphatic carbocycles. The Balaban J connectivity index is 1.72. The van der Waals surface area contributed by atoms with Crippen molar-refractivity contribution in [3.8, 4) is 5.75 Å². The number of aromatic nitrogens is 1. The van der Waals surface area contributed by atoms with E-state index >= 15 is 0 Å². The highest BCUT2D eigenvalue weighted by atomic mass is 16.6. The number of ether oxygens (including phenoxy) is 1. The van der Waals surface area contributed by atoms with Crippen LogP contribution in [0, 0.1) is 17.0 Å². The third-order valence-electron chi connectivity index (χ3n) is 5.21. The number of anilines is 1. The Kier molecular flexibility index (Phi) is 5.46. The van der Waals surface area contributed by atoms with Gasteiger partial charge in [0, 0.05) is 43.9 Å². The number of nitrogens with one attached hydrogen (secondary N) is 2. The quantitative estimate of drug-likeness (QED) is 0.595. The van der Waals surface area contributed by atoms with Crippen LogP contribution in [0.1, 0.15) is 30.1 Å². The van der Waals surface area contributed by atoms with Crippen LogP contribution in [0.3, 0.4) is 0 Å². The van der Waals surface area contributed by atoms with E-state index in [9.17, 15) is 14.9 Å². The predicted molar refractivity (Wildman–Crippen MR) is 101 cm³/mol. The van der Waals surface area contributed by atoms with Crippen LogP contribution in [0.2, 0.25) is 0 Å². The molecule has 8 heteroatoms. The maximum Gasteiger partial charge on any atom is 0.311 e. The lowest BCUT2D eigenvalue weighted by Crippen LogP contribution is -3.11. The summed E-state index contributed by atoms with van der Waals surface area (Å²) in [7, 11) is 3.40. The van der Waals surface area contributed by atoms with Gasteiger partial charge in [-0.3, -0.25) is 14.9 Å². The Morgan fingerprint density at radius 1 is 1.48 bits per heavy atom. The average Bonchev–Trinajstić information content (AvgIpc) is 3.24. The van der Waals surface area contributed by atoms with Crippen LogP contribution in [0.5, 0.6) is 5.75 Å². The molecule has 1 aliphatic heterocycles. The number of quaternary nitrogens is 1. The zero-order chi connectivity index (χ0) is 19.6. The van der Waals surface area contributed by atoms with E-state index in [0.29, 0.717) is 23.8 Å². The molecule has 27 heavy (non-hydrogen) atoms. The number of hydrogen-bond donors (Lipinski definition) is 2. The number of hydrogen-bond acceptors (Lipinski definition) is 4. The number of carbonyl (C=O) groups is 1. The lowest BCUT2D eigenvalue weighted by molar-refractivity contribution is -0.910. The van der Waals surface area contributed by atoms with Crippen molar-refractivity contribution in [1.82, 2.24) is 4.57 Å². The van der Waals surface area contributed by atoms with Gasteiger partial charge in [-0.05, 0) is 24.6 Å². The number of rotatable bonds is 6. The van der Waals surface area contributed by atoms with E-state index in [1.807, 2.05) is 19.3 Å². The second-order valence-electron chi connectivity index (χ2n) is 6.97. The van der Waals surface area contributed by atoms with Gasteiger partial charge in [-0.2, -0.15) is 0 Å². The van der Waals surface area contributed by atoms with Crippen LogP contribution in [0.25, 0.3) is 0 Å². The number of carbonyl (C=O) groups excluding carboxylic acids is 1. The molecule has 0 radical (unpaired) electrons. The normalized spacial score (nSPS) is 19.1. The molecule has 2 N–H and O–H groups in total. The first kappa shape index (κ1) is 18.9. The first-order valence-electron chi connectivity index (χ1n) is 8.99. The van der Waals surface area contributed by atoms with Crippen molar-refractivity contribution < 1.29 is 19.4 Å². The number of amides is 1. The maximum atomic E-state index is 12.6. The van der Waals surface area contributed by atoms with Crippen molar-refractivity contribution in [2.45, 2.75) is 25.8 Å². The minimum atomic E-state index is -0.490. The van der Waals surface area contributed by atoms with Gasteiger partial charge in [0.25, 0.3) is 5.91 Å². The summed E-state index contributed by atoms with van der Waals surface area (Å²) in [6.45, 7) is 3.04. The molecule has 2 heterocycles. The van der Waals surface area contributed by atoms with Gasteiger partial charge in [0.15, 0.2) is 12.3 Å². The molecule has 2 aromatic rings.